The molecule has 0 aromatic carbocycles. The van der Waals surface area contributed by atoms with Gasteiger partial charge in [0, 0.05) is 58.2 Å². The highest BCUT2D eigenvalue weighted by Gasteiger charge is 2.54. The van der Waals surface area contributed by atoms with Crippen LogP contribution in [-0.4, -0.2) is 183 Å². The van der Waals surface area contributed by atoms with Gasteiger partial charge in [-0.2, -0.15) is 0 Å². The molecule has 3 saturated heterocycles. The minimum Gasteiger partial charge on any atom is -0.459 e. The Hall–Kier alpha value is -1.58. The van der Waals surface area contributed by atoms with Gasteiger partial charge in [0.2, 0.25) is 0 Å². The summed E-state index contributed by atoms with van der Waals surface area (Å²) in [6.07, 6.45) is -4.94. The minimum absolute atomic E-state index is 0.0816. The van der Waals surface area contributed by atoms with E-state index >= 15 is 0 Å². The molecule has 18 atom stereocenters. The number of hydrogen-bond donors (Lipinski definition) is 4. The molecule has 0 aliphatic carbocycles. The molecular formula is C46H88N4O13. The molecule has 6 N–H and O–H groups in total. The lowest BCUT2D eigenvalue weighted by Crippen LogP contribution is -2.61. The number of carbonyl (C=O) groups excluding carboxylic acids is 2. The molecule has 3 aliphatic rings. The summed E-state index contributed by atoms with van der Waals surface area (Å²) in [5, 5.41) is 25.2. The van der Waals surface area contributed by atoms with Crippen LogP contribution in [0.25, 0.3) is 0 Å². The molecule has 17 heteroatoms. The Bertz CT molecular complexity index is 1390. The number of hydrogen-bond acceptors (Lipinski definition) is 17. The highest BCUT2D eigenvalue weighted by Crippen LogP contribution is 2.41. The molecule has 3 fully saturated rings. The molecule has 0 aromatic heterocycles. The smallest absolute Gasteiger partial charge is 0.311 e. The number of methoxy groups -OCH3 is 1. The number of likely N-dealkylation sites (N-methyl/N-ethyl adjacent to an activating group) is 2. The molecule has 370 valence electrons. The fraction of sp³-hybridized carbons (Fsp3) is 0.957. The second-order valence-electron chi connectivity index (χ2n) is 19.7. The summed E-state index contributed by atoms with van der Waals surface area (Å²) in [4.78, 5) is 31.4. The van der Waals surface area contributed by atoms with Gasteiger partial charge in [-0.25, -0.2) is 0 Å². The third kappa shape index (κ3) is 14.5. The first-order valence-electron chi connectivity index (χ1n) is 23.4. The number of nitrogens with two attached hydrogens (primary N) is 2. The zero-order valence-corrected chi connectivity index (χ0v) is 41.4. The molecule has 0 aromatic rings. The number of esters is 2. The van der Waals surface area contributed by atoms with Crippen LogP contribution in [0.5, 0.6) is 0 Å². The molecule has 3 heterocycles. The van der Waals surface area contributed by atoms with E-state index in [9.17, 15) is 19.8 Å². The Kier molecular flexibility index (Phi) is 21.6. The van der Waals surface area contributed by atoms with Crippen LogP contribution in [0.2, 0.25) is 0 Å². The van der Waals surface area contributed by atoms with E-state index in [1.165, 1.54) is 13.8 Å². The van der Waals surface area contributed by atoms with Crippen LogP contribution >= 0.6 is 0 Å². The van der Waals surface area contributed by atoms with Crippen molar-refractivity contribution < 1.29 is 62.4 Å². The number of aliphatic hydroxyl groups is 2. The average Bonchev–Trinajstić information content (AvgIpc) is 3.19. The Morgan fingerprint density at radius 1 is 0.905 bits per heavy atom. The lowest BCUT2D eigenvalue weighted by Gasteiger charge is -2.50. The van der Waals surface area contributed by atoms with E-state index in [2.05, 4.69) is 4.90 Å². The van der Waals surface area contributed by atoms with E-state index in [-0.39, 0.29) is 37.3 Å². The SMILES string of the molecule is CC[C@H]1OC(=O)[C@H](C)[C@@H](O[C@H]2C[C@@](C)(OC)[C@@H](OCCCN)[C@H](C)O2)[C@H](C)[C@@H](O[C@@H]2O[C@H](C)C[C@H](N(C)C)[C@H]2OCCCN)[C@](C)(O)C[C@@H](C)CN(C)[C@H](C)[C@@H](OC(C)=O)[C@]1(C)O. The summed E-state index contributed by atoms with van der Waals surface area (Å²) in [5.41, 5.74) is 7.46. The number of rotatable bonds is 16. The predicted molar refractivity (Wildman–Crippen MR) is 239 cm³/mol. The van der Waals surface area contributed by atoms with Crippen LogP contribution in [-0.2, 0) is 52.2 Å². The Morgan fingerprint density at radius 3 is 2.08 bits per heavy atom. The van der Waals surface area contributed by atoms with E-state index in [1.54, 1.807) is 27.9 Å². The van der Waals surface area contributed by atoms with Gasteiger partial charge >= 0.3 is 11.9 Å². The first-order valence-corrected chi connectivity index (χ1v) is 23.4. The van der Waals surface area contributed by atoms with Crippen molar-refractivity contribution in [2.45, 2.75) is 205 Å². The van der Waals surface area contributed by atoms with Crippen LogP contribution < -0.4 is 11.5 Å². The van der Waals surface area contributed by atoms with Crippen LogP contribution in [0.15, 0.2) is 0 Å². The van der Waals surface area contributed by atoms with Gasteiger partial charge in [-0.05, 0) is 121 Å². The number of carbonyl (C=O) groups is 2. The molecule has 0 radical (unpaired) electrons. The lowest BCUT2D eigenvalue weighted by molar-refractivity contribution is -0.323. The van der Waals surface area contributed by atoms with Gasteiger partial charge in [-0.15, -0.1) is 0 Å². The third-order valence-corrected chi connectivity index (χ3v) is 13.7. The molecule has 0 saturated carbocycles. The van der Waals surface area contributed by atoms with Crippen molar-refractivity contribution in [1.82, 2.24) is 9.80 Å². The van der Waals surface area contributed by atoms with E-state index in [0.717, 1.165) is 0 Å². The number of ether oxygens (including phenoxy) is 9. The van der Waals surface area contributed by atoms with Crippen LogP contribution in [0, 0.1) is 17.8 Å². The standard InChI is InChI=1S/C46H88N4O13/c1-16-35-46(11,54)40(60-33(8)51)31(6)50(14)26-27(2)24-44(9,53)39(63-43-38(56-21-17-19-47)34(49(12)13)23-28(3)58-43)29(4)37(30(5)42(52)61-35)62-36-25-45(10,55-15)41(32(7)59-36)57-22-18-20-48/h27-32,34-41,43,53-54H,16-26,47-48H2,1-15H3/t27-,28-,29+,30-,31-,32+,34+,35-,36+,37+,38-,39-,40-,41+,43+,44-,45-,46-/m1/s1. The van der Waals surface area contributed by atoms with E-state index < -0.39 is 102 Å². The normalized spacial score (nSPS) is 42.9. The summed E-state index contributed by atoms with van der Waals surface area (Å²) >= 11 is 0. The van der Waals surface area contributed by atoms with Gasteiger partial charge in [0.25, 0.3) is 0 Å². The van der Waals surface area contributed by atoms with Crippen molar-refractivity contribution in [2.75, 3.05) is 61.1 Å². The van der Waals surface area contributed by atoms with E-state index in [0.29, 0.717) is 52.1 Å². The topological polar surface area (TPSA) is 216 Å². The molecular weight excluding hydrogens is 817 g/mol. The zero-order valence-electron chi connectivity index (χ0n) is 41.4. The van der Waals surface area contributed by atoms with Crippen molar-refractivity contribution in [3.63, 3.8) is 0 Å². The van der Waals surface area contributed by atoms with Gasteiger partial charge in [-0.3, -0.25) is 14.5 Å². The summed E-state index contributed by atoms with van der Waals surface area (Å²) in [7, 11) is 7.50. The first-order chi connectivity index (χ1) is 29.4. The maximum atomic E-state index is 14.7. The predicted octanol–water partition coefficient (Wildman–Crippen LogP) is 3.22. The van der Waals surface area contributed by atoms with Crippen molar-refractivity contribution >= 4 is 11.9 Å². The Labute approximate surface area is 378 Å². The second kappa shape index (κ2) is 24.4. The average molecular weight is 905 g/mol. The van der Waals surface area contributed by atoms with E-state index in [1.807, 2.05) is 67.6 Å². The molecule has 3 aliphatic heterocycles. The molecule has 17 nitrogen and oxygen atoms in total. The lowest BCUT2D eigenvalue weighted by atomic mass is 9.77. The van der Waals surface area contributed by atoms with Crippen LogP contribution in [0.1, 0.15) is 115 Å². The van der Waals surface area contributed by atoms with Crippen molar-refractivity contribution in [3.8, 4) is 0 Å². The van der Waals surface area contributed by atoms with Gasteiger partial charge in [0.1, 0.15) is 30.0 Å². The summed E-state index contributed by atoms with van der Waals surface area (Å²) in [5.74, 6) is -3.13. The Balaban J connectivity index is 2.25. The zero-order chi connectivity index (χ0) is 47.6. The summed E-state index contributed by atoms with van der Waals surface area (Å²) in [6.45, 7) is 21.9. The van der Waals surface area contributed by atoms with E-state index in [4.69, 9.17) is 54.1 Å². The Morgan fingerprint density at radius 2 is 1.52 bits per heavy atom. The maximum Gasteiger partial charge on any atom is 0.311 e. The number of cyclic esters (lactones) is 1. The highest BCUT2D eigenvalue weighted by atomic mass is 16.7. The summed E-state index contributed by atoms with van der Waals surface area (Å²) in [6, 6.07) is -0.606. The largest absolute Gasteiger partial charge is 0.459 e. The van der Waals surface area contributed by atoms with Crippen molar-refractivity contribution in [2.24, 2.45) is 29.2 Å². The molecule has 0 spiro atoms. The van der Waals surface area contributed by atoms with Gasteiger partial charge in [0.15, 0.2) is 12.6 Å². The number of nitrogens with zero attached hydrogens (tertiary/aromatic N) is 2. The summed E-state index contributed by atoms with van der Waals surface area (Å²) < 4.78 is 58.3. The third-order valence-electron chi connectivity index (χ3n) is 13.7. The first kappa shape index (κ1) is 55.7. The molecule has 63 heavy (non-hydrogen) atoms. The molecule has 3 rings (SSSR count). The quantitative estimate of drug-likeness (QED) is 0.129. The fourth-order valence-electron chi connectivity index (χ4n) is 10.2. The van der Waals surface area contributed by atoms with Gasteiger partial charge < -0.3 is 69.2 Å². The van der Waals surface area contributed by atoms with Crippen LogP contribution in [0.4, 0.5) is 0 Å². The molecule has 0 amide bonds. The highest BCUT2D eigenvalue weighted by molar-refractivity contribution is 5.73. The molecule has 0 bridgehead atoms. The van der Waals surface area contributed by atoms with Crippen molar-refractivity contribution in [1.29, 1.82) is 0 Å². The molecule has 0 unspecified atom stereocenters. The van der Waals surface area contributed by atoms with Crippen LogP contribution in [0.3, 0.4) is 0 Å². The monoisotopic (exact) mass is 905 g/mol. The minimum atomic E-state index is -1.80. The van der Waals surface area contributed by atoms with Crippen molar-refractivity contribution in [3.05, 3.63) is 0 Å². The second-order valence-corrected chi connectivity index (χ2v) is 19.7. The van der Waals surface area contributed by atoms with Gasteiger partial charge in [0.05, 0.1) is 41.5 Å². The maximum absolute atomic E-state index is 14.7. The fourth-order valence-corrected chi connectivity index (χ4v) is 10.2. The van der Waals surface area contributed by atoms with Gasteiger partial charge in [-0.1, -0.05) is 20.8 Å².